The molecule has 4 aromatic rings. The van der Waals surface area contributed by atoms with Crippen molar-refractivity contribution in [2.45, 2.75) is 13.0 Å². The van der Waals surface area contributed by atoms with E-state index >= 15 is 0 Å². The van der Waals surface area contributed by atoms with E-state index in [1.807, 2.05) is 24.3 Å². The summed E-state index contributed by atoms with van der Waals surface area (Å²) in [5.41, 5.74) is 13.2. The molecule has 5 heterocycles. The van der Waals surface area contributed by atoms with Crippen molar-refractivity contribution in [3.8, 4) is 17.1 Å². The van der Waals surface area contributed by atoms with Crippen LogP contribution < -0.4 is 11.1 Å². The minimum Gasteiger partial charge on any atom is -0.383 e. The molecule has 6 rings (SSSR count). The number of imidazole rings is 1. The van der Waals surface area contributed by atoms with Crippen molar-refractivity contribution in [3.05, 3.63) is 72.1 Å². The van der Waals surface area contributed by atoms with Crippen LogP contribution in [0.25, 0.3) is 33.8 Å². The van der Waals surface area contributed by atoms with E-state index < -0.39 is 0 Å². The molecule has 3 aromatic heterocycles. The van der Waals surface area contributed by atoms with E-state index in [4.69, 9.17) is 20.4 Å². The fourth-order valence-electron chi connectivity index (χ4n) is 4.81. The van der Waals surface area contributed by atoms with Gasteiger partial charge in [-0.15, -0.1) is 0 Å². The minimum atomic E-state index is 0.451. The molecule has 8 nitrogen and oxygen atoms in total. The summed E-state index contributed by atoms with van der Waals surface area (Å²) < 4.78 is 7.59. The number of ether oxygens (including phenoxy) is 1. The second-order valence-corrected chi connectivity index (χ2v) is 8.99. The summed E-state index contributed by atoms with van der Waals surface area (Å²) in [6.45, 7) is 6.54. The molecule has 1 aromatic carbocycles. The Morgan fingerprint density at radius 1 is 1.00 bits per heavy atom. The summed E-state index contributed by atoms with van der Waals surface area (Å²) in [5, 5.41) is 3.41. The van der Waals surface area contributed by atoms with E-state index in [-0.39, 0.29) is 0 Å². The summed E-state index contributed by atoms with van der Waals surface area (Å²) in [7, 11) is 0. The predicted octanol–water partition coefficient (Wildman–Crippen LogP) is 3.27. The Labute approximate surface area is 204 Å². The highest BCUT2D eigenvalue weighted by molar-refractivity contribution is 5.84. The van der Waals surface area contributed by atoms with Crippen molar-refractivity contribution in [2.24, 2.45) is 0 Å². The van der Waals surface area contributed by atoms with Crippen molar-refractivity contribution in [1.29, 1.82) is 0 Å². The highest BCUT2D eigenvalue weighted by Gasteiger charge is 2.19. The Balaban J connectivity index is 1.44. The first-order valence-corrected chi connectivity index (χ1v) is 12.2. The van der Waals surface area contributed by atoms with Gasteiger partial charge in [-0.1, -0.05) is 18.2 Å². The molecule has 3 N–H and O–H groups in total. The Bertz CT molecular complexity index is 1370. The fraction of sp³-hybridized carbons (Fsp3) is 0.296. The van der Waals surface area contributed by atoms with Gasteiger partial charge in [-0.05, 0) is 54.0 Å². The molecular formula is C27H29N7O. The van der Waals surface area contributed by atoms with E-state index in [1.54, 1.807) is 6.20 Å². The summed E-state index contributed by atoms with van der Waals surface area (Å²) in [6, 6.07) is 16.6. The molecule has 0 aliphatic carbocycles. The van der Waals surface area contributed by atoms with Crippen molar-refractivity contribution in [3.63, 3.8) is 0 Å². The lowest BCUT2D eigenvalue weighted by Crippen LogP contribution is -2.42. The summed E-state index contributed by atoms with van der Waals surface area (Å²) in [4.78, 5) is 16.8. The number of nitrogen functional groups attached to an aromatic ring is 1. The summed E-state index contributed by atoms with van der Waals surface area (Å²) >= 11 is 0. The molecule has 0 amide bonds. The van der Waals surface area contributed by atoms with Crippen LogP contribution in [0, 0.1) is 0 Å². The number of aromatic nitrogens is 4. The number of pyridine rings is 2. The number of benzene rings is 1. The minimum absolute atomic E-state index is 0.451. The molecule has 178 valence electrons. The van der Waals surface area contributed by atoms with Crippen LogP contribution in [0.15, 0.2) is 60.8 Å². The topological polar surface area (TPSA) is 94.1 Å². The lowest BCUT2D eigenvalue weighted by Gasteiger charge is -2.27. The predicted molar refractivity (Wildman–Crippen MR) is 138 cm³/mol. The Morgan fingerprint density at radius 2 is 1.86 bits per heavy atom. The third-order valence-corrected chi connectivity index (χ3v) is 6.69. The normalized spacial score (nSPS) is 17.0. The number of hydrogen-bond acceptors (Lipinski definition) is 7. The monoisotopic (exact) mass is 467 g/mol. The maximum atomic E-state index is 6.28. The average Bonchev–Trinajstić information content (AvgIpc) is 3.29. The van der Waals surface area contributed by atoms with Gasteiger partial charge in [-0.2, -0.15) is 0 Å². The van der Waals surface area contributed by atoms with Crippen molar-refractivity contribution in [2.75, 3.05) is 45.1 Å². The van der Waals surface area contributed by atoms with Gasteiger partial charge >= 0.3 is 0 Å². The van der Waals surface area contributed by atoms with Crippen LogP contribution in [-0.4, -0.2) is 63.8 Å². The number of nitrogens with zero attached hydrogens (tertiary/aromatic N) is 5. The zero-order valence-electron chi connectivity index (χ0n) is 19.7. The number of rotatable bonds is 5. The number of hydrogen-bond donors (Lipinski definition) is 2. The van der Waals surface area contributed by atoms with Gasteiger partial charge in [0.1, 0.15) is 11.3 Å². The summed E-state index contributed by atoms with van der Waals surface area (Å²) in [6.07, 6.45) is 4.67. The SMILES string of the molecule is Nc1ncccc1-c1nc2ccc(C3=CCOCC3)nc2n1-c1ccc(CN2CCNCC2)cc1. The molecule has 0 unspecified atom stereocenters. The van der Waals surface area contributed by atoms with E-state index in [0.29, 0.717) is 12.4 Å². The second-order valence-electron chi connectivity index (χ2n) is 8.99. The number of nitrogens with two attached hydrogens (primary N) is 1. The van der Waals surface area contributed by atoms with Crippen LogP contribution >= 0.6 is 0 Å². The molecule has 2 aliphatic heterocycles. The van der Waals surface area contributed by atoms with Gasteiger partial charge in [0.05, 0.1) is 24.5 Å². The lowest BCUT2D eigenvalue weighted by molar-refractivity contribution is 0.161. The van der Waals surface area contributed by atoms with Crippen molar-refractivity contribution < 1.29 is 4.74 Å². The number of nitrogens with one attached hydrogen (secondary N) is 1. The van der Waals surface area contributed by atoms with Gasteiger partial charge in [0.25, 0.3) is 0 Å². The molecule has 2 aliphatic rings. The highest BCUT2D eigenvalue weighted by Crippen LogP contribution is 2.31. The van der Waals surface area contributed by atoms with Crippen molar-refractivity contribution >= 4 is 22.6 Å². The maximum absolute atomic E-state index is 6.28. The van der Waals surface area contributed by atoms with Gasteiger partial charge in [0, 0.05) is 44.6 Å². The zero-order valence-corrected chi connectivity index (χ0v) is 19.7. The van der Waals surface area contributed by atoms with Crippen LogP contribution in [0.5, 0.6) is 0 Å². The number of fused-ring (bicyclic) bond motifs is 1. The van der Waals surface area contributed by atoms with Gasteiger partial charge in [0.15, 0.2) is 11.5 Å². The molecule has 0 saturated carbocycles. The molecule has 0 spiro atoms. The fourth-order valence-corrected chi connectivity index (χ4v) is 4.81. The Kier molecular flexibility index (Phi) is 5.99. The van der Waals surface area contributed by atoms with Gasteiger partial charge in [0.2, 0.25) is 0 Å². The van der Waals surface area contributed by atoms with Crippen LogP contribution in [0.2, 0.25) is 0 Å². The lowest BCUT2D eigenvalue weighted by atomic mass is 10.1. The molecule has 1 fully saturated rings. The smallest absolute Gasteiger partial charge is 0.165 e. The van der Waals surface area contributed by atoms with Crippen LogP contribution in [0.3, 0.4) is 0 Å². The molecule has 35 heavy (non-hydrogen) atoms. The molecule has 8 heteroatoms. The number of piperazine rings is 1. The number of anilines is 1. The third-order valence-electron chi connectivity index (χ3n) is 6.69. The average molecular weight is 468 g/mol. The zero-order chi connectivity index (χ0) is 23.6. The Hall–Kier alpha value is -3.59. The molecule has 0 atom stereocenters. The van der Waals surface area contributed by atoms with Gasteiger partial charge < -0.3 is 15.8 Å². The highest BCUT2D eigenvalue weighted by atomic mass is 16.5. The van der Waals surface area contributed by atoms with E-state index in [1.165, 1.54) is 11.1 Å². The first kappa shape index (κ1) is 21.9. The maximum Gasteiger partial charge on any atom is 0.165 e. The standard InChI is InChI=1S/C27H29N7O/c28-25-22(2-1-11-30-25)26-32-24-8-7-23(20-9-16-35-17-10-20)31-27(24)34(26)21-5-3-19(4-6-21)18-33-14-12-29-13-15-33/h1-9,11,29H,10,12-18H2,(H2,28,30). The van der Waals surface area contributed by atoms with Gasteiger partial charge in [-0.25, -0.2) is 15.0 Å². The van der Waals surface area contributed by atoms with Crippen LogP contribution in [-0.2, 0) is 11.3 Å². The largest absolute Gasteiger partial charge is 0.383 e. The second kappa shape index (κ2) is 9.58. The first-order chi connectivity index (χ1) is 17.3. The van der Waals surface area contributed by atoms with E-state index in [0.717, 1.165) is 79.7 Å². The van der Waals surface area contributed by atoms with E-state index in [9.17, 15) is 0 Å². The van der Waals surface area contributed by atoms with E-state index in [2.05, 4.69) is 50.1 Å². The van der Waals surface area contributed by atoms with Crippen molar-refractivity contribution in [1.82, 2.24) is 29.7 Å². The molecular weight excluding hydrogens is 438 g/mol. The first-order valence-electron chi connectivity index (χ1n) is 12.2. The molecule has 1 saturated heterocycles. The van der Waals surface area contributed by atoms with Crippen LogP contribution in [0.1, 0.15) is 17.7 Å². The van der Waals surface area contributed by atoms with Crippen LogP contribution in [0.4, 0.5) is 5.82 Å². The molecule has 0 radical (unpaired) electrons. The van der Waals surface area contributed by atoms with Gasteiger partial charge in [-0.3, -0.25) is 9.47 Å². The Morgan fingerprint density at radius 3 is 2.63 bits per heavy atom. The quantitative estimate of drug-likeness (QED) is 0.465. The summed E-state index contributed by atoms with van der Waals surface area (Å²) in [5.74, 6) is 1.19. The molecule has 0 bridgehead atoms. The third kappa shape index (κ3) is 4.43.